The number of rotatable bonds is 2. The molecule has 1 aromatic heterocycles. The molecule has 0 nitrogen and oxygen atoms in total. The summed E-state index contributed by atoms with van der Waals surface area (Å²) in [5.41, 5.74) is 0. The summed E-state index contributed by atoms with van der Waals surface area (Å²) in [5, 5.41) is 0.182. The SMILES string of the molecule is Clc1sc(C(Cl)C2C3CCCCC32)cc1Br. The van der Waals surface area contributed by atoms with Crippen LogP contribution in [-0.2, 0) is 0 Å². The van der Waals surface area contributed by atoms with Gasteiger partial charge in [0, 0.05) is 9.35 Å². The van der Waals surface area contributed by atoms with E-state index in [1.165, 1.54) is 30.6 Å². The molecule has 3 rings (SSSR count). The molecule has 2 aliphatic carbocycles. The molecule has 0 spiro atoms. The summed E-state index contributed by atoms with van der Waals surface area (Å²) >= 11 is 17.7. The fourth-order valence-electron chi connectivity index (χ4n) is 3.17. The molecule has 0 radical (unpaired) electrons. The van der Waals surface area contributed by atoms with E-state index in [9.17, 15) is 0 Å². The predicted octanol–water partition coefficient (Wildman–Crippen LogP) is 5.88. The first-order valence-electron chi connectivity index (χ1n) is 5.77. The molecule has 2 fully saturated rings. The lowest BCUT2D eigenvalue weighted by atomic mass is 10.0. The maximum Gasteiger partial charge on any atom is 0.107 e. The Morgan fingerprint density at radius 1 is 1.31 bits per heavy atom. The van der Waals surface area contributed by atoms with Crippen molar-refractivity contribution < 1.29 is 0 Å². The Kier molecular flexibility index (Phi) is 3.29. The molecule has 0 aromatic carbocycles. The van der Waals surface area contributed by atoms with Crippen LogP contribution in [0.1, 0.15) is 35.9 Å². The molecule has 0 aliphatic heterocycles. The second-order valence-electron chi connectivity index (χ2n) is 4.86. The highest BCUT2D eigenvalue weighted by Crippen LogP contribution is 2.63. The zero-order valence-corrected chi connectivity index (χ0v) is 12.7. The minimum absolute atomic E-state index is 0.182. The highest BCUT2D eigenvalue weighted by molar-refractivity contribution is 9.10. The van der Waals surface area contributed by atoms with Gasteiger partial charge in [-0.1, -0.05) is 24.4 Å². The lowest BCUT2D eigenvalue weighted by Crippen LogP contribution is -1.92. The van der Waals surface area contributed by atoms with E-state index in [4.69, 9.17) is 23.2 Å². The van der Waals surface area contributed by atoms with Crippen molar-refractivity contribution in [2.24, 2.45) is 17.8 Å². The predicted molar refractivity (Wildman–Crippen MR) is 74.6 cm³/mol. The van der Waals surface area contributed by atoms with Crippen molar-refractivity contribution in [3.63, 3.8) is 0 Å². The summed E-state index contributed by atoms with van der Waals surface area (Å²) in [6, 6.07) is 2.09. The van der Waals surface area contributed by atoms with Gasteiger partial charge in [0.1, 0.15) is 4.34 Å². The van der Waals surface area contributed by atoms with Gasteiger partial charge in [-0.2, -0.15) is 0 Å². The van der Waals surface area contributed by atoms with Gasteiger partial charge in [0.15, 0.2) is 0 Å². The third-order valence-corrected chi connectivity index (χ3v) is 7.21. The van der Waals surface area contributed by atoms with Crippen molar-refractivity contribution >= 4 is 50.5 Å². The van der Waals surface area contributed by atoms with Gasteiger partial charge in [0.2, 0.25) is 0 Å². The Balaban J connectivity index is 1.76. The third kappa shape index (κ3) is 1.96. The molecule has 2 aliphatic rings. The van der Waals surface area contributed by atoms with Crippen LogP contribution in [0.3, 0.4) is 0 Å². The summed E-state index contributed by atoms with van der Waals surface area (Å²) in [4.78, 5) is 1.23. The molecule has 16 heavy (non-hydrogen) atoms. The van der Waals surface area contributed by atoms with Crippen molar-refractivity contribution in [3.8, 4) is 0 Å². The van der Waals surface area contributed by atoms with Crippen LogP contribution in [-0.4, -0.2) is 0 Å². The van der Waals surface area contributed by atoms with E-state index >= 15 is 0 Å². The van der Waals surface area contributed by atoms with Crippen molar-refractivity contribution in [2.45, 2.75) is 31.1 Å². The average molecular weight is 340 g/mol. The molecule has 0 N–H and O–H groups in total. The van der Waals surface area contributed by atoms with Crippen LogP contribution in [0.15, 0.2) is 10.5 Å². The van der Waals surface area contributed by atoms with Crippen LogP contribution in [0, 0.1) is 17.8 Å². The Hall–Kier alpha value is 0.760. The molecule has 0 amide bonds. The highest BCUT2D eigenvalue weighted by atomic mass is 79.9. The zero-order valence-electron chi connectivity index (χ0n) is 8.76. The molecular formula is C12H13BrCl2S. The topological polar surface area (TPSA) is 0 Å². The molecule has 1 heterocycles. The van der Waals surface area contributed by atoms with Gasteiger partial charge >= 0.3 is 0 Å². The van der Waals surface area contributed by atoms with E-state index < -0.39 is 0 Å². The first-order chi connectivity index (χ1) is 7.68. The lowest BCUT2D eigenvalue weighted by molar-refractivity contribution is 0.480. The van der Waals surface area contributed by atoms with Crippen molar-refractivity contribution in [1.82, 2.24) is 0 Å². The molecule has 88 valence electrons. The minimum atomic E-state index is 0.182. The Morgan fingerprint density at radius 3 is 2.44 bits per heavy atom. The minimum Gasteiger partial charge on any atom is -0.126 e. The van der Waals surface area contributed by atoms with Gasteiger partial charge in [-0.3, -0.25) is 0 Å². The number of halogens is 3. The molecule has 0 saturated heterocycles. The Morgan fingerprint density at radius 2 is 1.94 bits per heavy atom. The first-order valence-corrected chi connectivity index (χ1v) is 8.19. The van der Waals surface area contributed by atoms with E-state index in [1.54, 1.807) is 11.3 Å². The molecular weight excluding hydrogens is 327 g/mol. The second kappa shape index (κ2) is 4.46. The van der Waals surface area contributed by atoms with Crippen molar-refractivity contribution in [2.75, 3.05) is 0 Å². The summed E-state index contributed by atoms with van der Waals surface area (Å²) in [5.74, 6) is 2.51. The maximum absolute atomic E-state index is 6.59. The van der Waals surface area contributed by atoms with E-state index in [2.05, 4.69) is 22.0 Å². The van der Waals surface area contributed by atoms with E-state index in [1.807, 2.05) is 0 Å². The normalized spacial score (nSPS) is 34.6. The molecule has 3 atom stereocenters. The van der Waals surface area contributed by atoms with E-state index in [0.29, 0.717) is 5.92 Å². The van der Waals surface area contributed by atoms with E-state index in [-0.39, 0.29) is 5.38 Å². The van der Waals surface area contributed by atoms with Gasteiger partial charge in [0.25, 0.3) is 0 Å². The maximum atomic E-state index is 6.59. The fraction of sp³-hybridized carbons (Fsp3) is 0.667. The lowest BCUT2D eigenvalue weighted by Gasteiger charge is -2.05. The van der Waals surface area contributed by atoms with Crippen LogP contribution in [0.2, 0.25) is 4.34 Å². The molecule has 0 bridgehead atoms. The third-order valence-electron chi connectivity index (χ3n) is 4.00. The fourth-order valence-corrected chi connectivity index (χ4v) is 5.51. The average Bonchev–Trinajstić information content (AvgIpc) is 2.91. The number of hydrogen-bond donors (Lipinski definition) is 0. The molecule has 1 aromatic rings. The summed E-state index contributed by atoms with van der Waals surface area (Å²) in [7, 11) is 0. The van der Waals surface area contributed by atoms with Crippen LogP contribution in [0.4, 0.5) is 0 Å². The standard InChI is InChI=1S/C12H13BrCl2S/c13-8-5-9(16-12(8)15)11(14)10-6-3-1-2-4-7(6)10/h5-7,10-11H,1-4H2. The Labute approximate surface area is 118 Å². The van der Waals surface area contributed by atoms with Crippen LogP contribution >= 0.6 is 50.5 Å². The molecule has 3 unspecified atom stereocenters. The first kappa shape index (κ1) is 11.8. The summed E-state index contributed by atoms with van der Waals surface area (Å²) in [6.07, 6.45) is 5.57. The van der Waals surface area contributed by atoms with Crippen LogP contribution in [0.25, 0.3) is 0 Å². The van der Waals surface area contributed by atoms with Gasteiger partial charge < -0.3 is 0 Å². The smallest absolute Gasteiger partial charge is 0.107 e. The summed E-state index contributed by atoms with van der Waals surface area (Å²) in [6.45, 7) is 0. The number of hydrogen-bond acceptors (Lipinski definition) is 1. The Bertz CT molecular complexity index is 372. The summed E-state index contributed by atoms with van der Waals surface area (Å²) < 4.78 is 1.81. The number of alkyl halides is 1. The van der Waals surface area contributed by atoms with Crippen LogP contribution < -0.4 is 0 Å². The van der Waals surface area contributed by atoms with Crippen LogP contribution in [0.5, 0.6) is 0 Å². The zero-order chi connectivity index (χ0) is 11.3. The van der Waals surface area contributed by atoms with E-state index in [0.717, 1.165) is 20.6 Å². The second-order valence-corrected chi connectivity index (χ2v) is 7.87. The molecule has 4 heteroatoms. The largest absolute Gasteiger partial charge is 0.126 e. The van der Waals surface area contributed by atoms with Gasteiger partial charge in [0.05, 0.1) is 5.38 Å². The van der Waals surface area contributed by atoms with Gasteiger partial charge in [-0.25, -0.2) is 0 Å². The van der Waals surface area contributed by atoms with Gasteiger partial charge in [-0.15, -0.1) is 22.9 Å². The molecule has 2 saturated carbocycles. The van der Waals surface area contributed by atoms with Crippen molar-refractivity contribution in [3.05, 3.63) is 19.8 Å². The monoisotopic (exact) mass is 338 g/mol. The quantitative estimate of drug-likeness (QED) is 0.590. The highest BCUT2D eigenvalue weighted by Gasteiger charge is 2.54. The van der Waals surface area contributed by atoms with Gasteiger partial charge in [-0.05, 0) is 52.6 Å². The number of thiophene rings is 1. The van der Waals surface area contributed by atoms with Crippen molar-refractivity contribution in [1.29, 1.82) is 0 Å². The number of fused-ring (bicyclic) bond motifs is 1.